The summed E-state index contributed by atoms with van der Waals surface area (Å²) >= 11 is 3.53. The van der Waals surface area contributed by atoms with Crippen LogP contribution in [0.4, 0.5) is 0 Å². The molecule has 0 bridgehead atoms. The van der Waals surface area contributed by atoms with Crippen LogP contribution in [-0.4, -0.2) is 28.3 Å². The topological polar surface area (TPSA) is 65.3 Å². The second kappa shape index (κ2) is 8.16. The number of benzene rings is 2. The van der Waals surface area contributed by atoms with Crippen LogP contribution in [0.15, 0.2) is 57.8 Å². The fourth-order valence-corrected chi connectivity index (χ4v) is 4.57. The minimum Gasteiger partial charge on any atom is -0.381 e. The minimum atomic E-state index is -0.494. The molecule has 1 amide bonds. The maximum absolute atomic E-state index is 13.1. The third-order valence-electron chi connectivity index (χ3n) is 5.65. The Kier molecular flexibility index (Phi) is 5.61. The molecule has 4 rings (SSSR count). The molecule has 0 radical (unpaired) electrons. The largest absolute Gasteiger partial charge is 0.381 e. The molecular weight excluding hydrogens is 434 g/mol. The molecule has 1 N–H and O–H groups in total. The summed E-state index contributed by atoms with van der Waals surface area (Å²) in [6.45, 7) is 3.66. The predicted octanol–water partition coefficient (Wildman–Crippen LogP) is 3.41. The van der Waals surface area contributed by atoms with Crippen LogP contribution in [0.2, 0.25) is 0 Å². The van der Waals surface area contributed by atoms with E-state index >= 15 is 0 Å². The van der Waals surface area contributed by atoms with Gasteiger partial charge in [-0.2, -0.15) is 0 Å². The summed E-state index contributed by atoms with van der Waals surface area (Å²) in [6, 6.07) is 15.6. The van der Waals surface area contributed by atoms with E-state index in [2.05, 4.69) is 21.2 Å². The predicted molar refractivity (Wildman–Crippen MR) is 116 cm³/mol. The number of para-hydroxylation sites is 2. The van der Waals surface area contributed by atoms with Crippen molar-refractivity contribution in [2.45, 2.75) is 38.4 Å². The van der Waals surface area contributed by atoms with Gasteiger partial charge in [-0.05, 0) is 49.6 Å². The average molecular weight is 458 g/mol. The first-order chi connectivity index (χ1) is 14.0. The van der Waals surface area contributed by atoms with Gasteiger partial charge in [0.15, 0.2) is 0 Å². The van der Waals surface area contributed by atoms with Crippen molar-refractivity contribution in [3.05, 3.63) is 69.1 Å². The lowest BCUT2D eigenvalue weighted by Crippen LogP contribution is -2.50. The van der Waals surface area contributed by atoms with E-state index in [1.807, 2.05) is 55.5 Å². The molecule has 1 fully saturated rings. The first kappa shape index (κ1) is 19.9. The number of fused-ring (bicyclic) bond motifs is 1. The van der Waals surface area contributed by atoms with Crippen LogP contribution >= 0.6 is 15.9 Å². The second-order valence-electron chi connectivity index (χ2n) is 7.35. The van der Waals surface area contributed by atoms with Gasteiger partial charge in [-0.15, -0.1) is 0 Å². The fraction of sp³-hybridized carbons (Fsp3) is 0.364. The average Bonchev–Trinajstić information content (AvgIpc) is 2.99. The molecule has 29 heavy (non-hydrogen) atoms. The van der Waals surface area contributed by atoms with Crippen LogP contribution < -0.4 is 11.0 Å². The van der Waals surface area contributed by atoms with E-state index in [-0.39, 0.29) is 18.1 Å². The number of carbonyl (C=O) groups excluding carboxylic acids is 1. The second-order valence-corrected chi connectivity index (χ2v) is 8.27. The van der Waals surface area contributed by atoms with Crippen LogP contribution in [-0.2, 0) is 28.2 Å². The Labute approximate surface area is 177 Å². The van der Waals surface area contributed by atoms with Crippen molar-refractivity contribution in [2.75, 3.05) is 13.2 Å². The first-order valence-electron chi connectivity index (χ1n) is 9.87. The molecule has 0 unspecified atom stereocenters. The zero-order chi connectivity index (χ0) is 20.4. The zero-order valence-corrected chi connectivity index (χ0v) is 17.9. The summed E-state index contributed by atoms with van der Waals surface area (Å²) in [5, 5.41) is 3.23. The Hall–Kier alpha value is -2.38. The van der Waals surface area contributed by atoms with Gasteiger partial charge in [-0.1, -0.05) is 40.2 Å². The third-order valence-corrected chi connectivity index (χ3v) is 6.14. The van der Waals surface area contributed by atoms with Crippen molar-refractivity contribution < 1.29 is 9.53 Å². The highest BCUT2D eigenvalue weighted by Crippen LogP contribution is 2.33. The molecule has 2 heterocycles. The van der Waals surface area contributed by atoms with Crippen molar-refractivity contribution in [3.63, 3.8) is 0 Å². The van der Waals surface area contributed by atoms with Crippen molar-refractivity contribution >= 4 is 32.9 Å². The molecular formula is C22H24BrN3O3. The number of nitrogens with zero attached hydrogens (tertiary/aromatic N) is 2. The van der Waals surface area contributed by atoms with Crippen LogP contribution in [0.25, 0.3) is 11.0 Å². The maximum Gasteiger partial charge on any atom is 0.329 e. The number of amides is 1. The Morgan fingerprint density at radius 1 is 1.10 bits per heavy atom. The highest BCUT2D eigenvalue weighted by molar-refractivity contribution is 9.10. The van der Waals surface area contributed by atoms with Gasteiger partial charge in [0.05, 0.1) is 16.6 Å². The summed E-state index contributed by atoms with van der Waals surface area (Å²) < 4.78 is 9.77. The number of hydrogen-bond donors (Lipinski definition) is 1. The summed E-state index contributed by atoms with van der Waals surface area (Å²) in [5.41, 5.74) is 2.02. The lowest BCUT2D eigenvalue weighted by atomic mass is 9.82. The summed E-state index contributed by atoms with van der Waals surface area (Å²) in [6.07, 6.45) is 1.39. The molecule has 1 aromatic heterocycles. The number of ether oxygens (including phenoxy) is 1. The molecule has 0 atom stereocenters. The van der Waals surface area contributed by atoms with Crippen LogP contribution in [0.3, 0.4) is 0 Å². The molecule has 3 aromatic rings. The number of carbonyl (C=O) groups is 1. The van der Waals surface area contributed by atoms with E-state index < -0.39 is 5.54 Å². The van der Waals surface area contributed by atoms with E-state index in [0.717, 1.165) is 21.1 Å². The first-order valence-corrected chi connectivity index (χ1v) is 10.7. The van der Waals surface area contributed by atoms with E-state index in [4.69, 9.17) is 4.74 Å². The molecule has 1 aliphatic heterocycles. The van der Waals surface area contributed by atoms with Crippen LogP contribution in [0.1, 0.15) is 25.3 Å². The Bertz CT molecular complexity index is 1100. The van der Waals surface area contributed by atoms with E-state index in [1.165, 1.54) is 0 Å². The third kappa shape index (κ3) is 3.76. The van der Waals surface area contributed by atoms with Crippen LogP contribution in [0, 0.1) is 0 Å². The highest BCUT2D eigenvalue weighted by Gasteiger charge is 2.36. The normalized spacial score (nSPS) is 16.1. The highest BCUT2D eigenvalue weighted by atomic mass is 79.9. The van der Waals surface area contributed by atoms with Gasteiger partial charge in [0.1, 0.15) is 6.54 Å². The maximum atomic E-state index is 13.1. The van der Waals surface area contributed by atoms with Gasteiger partial charge in [-0.3, -0.25) is 13.9 Å². The van der Waals surface area contributed by atoms with Crippen molar-refractivity contribution in [1.82, 2.24) is 14.5 Å². The molecule has 2 aromatic carbocycles. The van der Waals surface area contributed by atoms with Gasteiger partial charge in [0.25, 0.3) is 0 Å². The molecule has 7 heteroatoms. The summed E-state index contributed by atoms with van der Waals surface area (Å²) in [4.78, 5) is 26.0. The number of aryl methyl sites for hydroxylation is 1. The number of halogens is 1. The molecule has 152 valence electrons. The molecule has 0 saturated carbocycles. The Morgan fingerprint density at radius 2 is 1.79 bits per heavy atom. The van der Waals surface area contributed by atoms with Crippen LogP contribution in [0.5, 0.6) is 0 Å². The Morgan fingerprint density at radius 3 is 2.45 bits per heavy atom. The molecule has 1 aliphatic rings. The van der Waals surface area contributed by atoms with Gasteiger partial charge >= 0.3 is 5.69 Å². The number of imidazole rings is 1. The van der Waals surface area contributed by atoms with Gasteiger partial charge in [-0.25, -0.2) is 4.79 Å². The van der Waals surface area contributed by atoms with Crippen molar-refractivity contribution in [2.24, 2.45) is 0 Å². The molecule has 0 spiro atoms. The quantitative estimate of drug-likeness (QED) is 0.638. The van der Waals surface area contributed by atoms with Gasteiger partial charge in [0.2, 0.25) is 5.91 Å². The van der Waals surface area contributed by atoms with E-state index in [9.17, 15) is 9.59 Å². The van der Waals surface area contributed by atoms with E-state index in [1.54, 1.807) is 9.13 Å². The lowest BCUT2D eigenvalue weighted by molar-refractivity contribution is -0.125. The SMILES string of the molecule is CCn1c(=O)n(CC(=O)NC2(c3cccc(Br)c3)CCOCC2)c2ccccc21. The molecule has 6 nitrogen and oxygen atoms in total. The van der Waals surface area contributed by atoms with Gasteiger partial charge < -0.3 is 10.1 Å². The van der Waals surface area contributed by atoms with Gasteiger partial charge in [0, 0.05) is 24.2 Å². The van der Waals surface area contributed by atoms with Crippen molar-refractivity contribution in [1.29, 1.82) is 0 Å². The smallest absolute Gasteiger partial charge is 0.329 e. The summed E-state index contributed by atoms with van der Waals surface area (Å²) in [7, 11) is 0. The van der Waals surface area contributed by atoms with E-state index in [0.29, 0.717) is 32.6 Å². The Balaban J connectivity index is 1.66. The minimum absolute atomic E-state index is 0.0110. The number of hydrogen-bond acceptors (Lipinski definition) is 3. The number of nitrogens with one attached hydrogen (secondary N) is 1. The van der Waals surface area contributed by atoms with Crippen molar-refractivity contribution in [3.8, 4) is 0 Å². The fourth-order valence-electron chi connectivity index (χ4n) is 4.17. The zero-order valence-electron chi connectivity index (χ0n) is 16.4. The lowest BCUT2D eigenvalue weighted by Gasteiger charge is -2.38. The molecule has 0 aliphatic carbocycles. The summed E-state index contributed by atoms with van der Waals surface area (Å²) in [5.74, 6) is -0.173. The monoisotopic (exact) mass is 457 g/mol. The number of rotatable bonds is 5. The molecule has 1 saturated heterocycles. The number of aromatic nitrogens is 2. The standard InChI is InChI=1S/C22H24BrN3O3/c1-2-25-18-8-3-4-9-19(18)26(21(25)28)15-20(27)24-22(10-12-29-13-11-22)16-6-5-7-17(23)14-16/h3-9,14H,2,10-13,15H2,1H3,(H,24,27).